The molecule has 2 heteroatoms. The molecule has 4 N–H and O–H groups in total. The maximum Gasteiger partial charge on any atom is 0.0402 e. The van der Waals surface area contributed by atoms with Crippen molar-refractivity contribution in [1.29, 1.82) is 0 Å². The molecule has 0 saturated heterocycles. The second kappa shape index (κ2) is 2.95. The number of nitrogens with two attached hydrogens (primary N) is 2. The van der Waals surface area contributed by atoms with Gasteiger partial charge in [0.05, 0.1) is 0 Å². The third-order valence-corrected chi connectivity index (χ3v) is 2.36. The third-order valence-electron chi connectivity index (χ3n) is 2.36. The summed E-state index contributed by atoms with van der Waals surface area (Å²) in [7, 11) is 0. The number of hydrogen-bond donors (Lipinski definition) is 2. The van der Waals surface area contributed by atoms with Gasteiger partial charge in [-0.15, -0.1) is 0 Å². The van der Waals surface area contributed by atoms with Crippen LogP contribution in [-0.2, 0) is 5.41 Å². The first-order valence-electron chi connectivity index (χ1n) is 4.49. The molecule has 0 amide bonds. The van der Waals surface area contributed by atoms with Gasteiger partial charge >= 0.3 is 0 Å². The zero-order chi connectivity index (χ0) is 10.2. The van der Waals surface area contributed by atoms with E-state index in [1.165, 1.54) is 5.56 Å². The lowest BCUT2D eigenvalue weighted by atomic mass is 9.84. The van der Waals surface area contributed by atoms with Crippen molar-refractivity contribution >= 4 is 11.4 Å². The van der Waals surface area contributed by atoms with Crippen molar-refractivity contribution in [2.45, 2.75) is 33.1 Å². The summed E-state index contributed by atoms with van der Waals surface area (Å²) in [6.07, 6.45) is 0. The highest BCUT2D eigenvalue weighted by Crippen LogP contribution is 2.32. The summed E-state index contributed by atoms with van der Waals surface area (Å²) in [5.74, 6) is 0. The predicted molar refractivity (Wildman–Crippen MR) is 58.7 cm³/mol. The summed E-state index contributed by atoms with van der Waals surface area (Å²) >= 11 is 0. The van der Waals surface area contributed by atoms with Gasteiger partial charge in [0.1, 0.15) is 0 Å². The molecule has 1 rings (SSSR count). The molecule has 0 saturated carbocycles. The van der Waals surface area contributed by atoms with Crippen molar-refractivity contribution in [3.05, 3.63) is 23.3 Å². The van der Waals surface area contributed by atoms with E-state index in [2.05, 4.69) is 20.8 Å². The van der Waals surface area contributed by atoms with Crippen LogP contribution in [0.25, 0.3) is 0 Å². The highest BCUT2D eigenvalue weighted by molar-refractivity contribution is 5.66. The van der Waals surface area contributed by atoms with E-state index in [9.17, 15) is 0 Å². The van der Waals surface area contributed by atoms with Gasteiger partial charge in [0, 0.05) is 11.4 Å². The Kier molecular flexibility index (Phi) is 2.24. The van der Waals surface area contributed by atoms with Crippen LogP contribution in [0.2, 0.25) is 0 Å². The maximum atomic E-state index is 5.99. The van der Waals surface area contributed by atoms with Crippen LogP contribution < -0.4 is 11.5 Å². The Labute approximate surface area is 79.9 Å². The fourth-order valence-electron chi connectivity index (χ4n) is 1.40. The maximum absolute atomic E-state index is 5.99. The van der Waals surface area contributed by atoms with Gasteiger partial charge in [-0.25, -0.2) is 0 Å². The average molecular weight is 178 g/mol. The molecule has 2 nitrogen and oxygen atoms in total. The van der Waals surface area contributed by atoms with Gasteiger partial charge in [-0.3, -0.25) is 0 Å². The predicted octanol–water partition coefficient (Wildman–Crippen LogP) is 2.46. The minimum Gasteiger partial charge on any atom is -0.398 e. The van der Waals surface area contributed by atoms with Gasteiger partial charge in [0.25, 0.3) is 0 Å². The van der Waals surface area contributed by atoms with Gasteiger partial charge < -0.3 is 11.5 Å². The largest absolute Gasteiger partial charge is 0.398 e. The second-order valence-corrected chi connectivity index (χ2v) is 4.49. The summed E-state index contributed by atoms with van der Waals surface area (Å²) < 4.78 is 0. The molecule has 0 spiro atoms. The van der Waals surface area contributed by atoms with Crippen molar-refractivity contribution in [3.8, 4) is 0 Å². The summed E-state index contributed by atoms with van der Waals surface area (Å²) in [6.45, 7) is 8.40. The zero-order valence-corrected chi connectivity index (χ0v) is 8.81. The molecular formula is C11H18N2. The fourth-order valence-corrected chi connectivity index (χ4v) is 1.40. The van der Waals surface area contributed by atoms with E-state index in [-0.39, 0.29) is 5.41 Å². The molecule has 0 atom stereocenters. The Morgan fingerprint density at radius 2 is 1.62 bits per heavy atom. The first-order valence-corrected chi connectivity index (χ1v) is 4.49. The molecule has 0 unspecified atom stereocenters. The molecule has 0 aliphatic carbocycles. The Bertz CT molecular complexity index is 322. The molecule has 1 aromatic rings. The first-order chi connectivity index (χ1) is 5.84. The second-order valence-electron chi connectivity index (χ2n) is 4.49. The molecule has 0 fully saturated rings. The average Bonchev–Trinajstić information content (AvgIpc) is 1.98. The summed E-state index contributed by atoms with van der Waals surface area (Å²) in [6, 6.07) is 3.93. The normalized spacial score (nSPS) is 11.7. The Morgan fingerprint density at radius 3 is 2.08 bits per heavy atom. The SMILES string of the molecule is Cc1c(N)ccc(C(C)(C)C)c1N. The van der Waals surface area contributed by atoms with E-state index in [0.29, 0.717) is 0 Å². The van der Waals surface area contributed by atoms with Crippen LogP contribution in [-0.4, -0.2) is 0 Å². The fraction of sp³-hybridized carbons (Fsp3) is 0.455. The van der Waals surface area contributed by atoms with Crippen LogP contribution in [0.4, 0.5) is 11.4 Å². The Morgan fingerprint density at radius 1 is 1.08 bits per heavy atom. The molecule has 13 heavy (non-hydrogen) atoms. The summed E-state index contributed by atoms with van der Waals surface area (Å²) in [5.41, 5.74) is 15.6. The van der Waals surface area contributed by atoms with Crippen LogP contribution in [0.3, 0.4) is 0 Å². The summed E-state index contributed by atoms with van der Waals surface area (Å²) in [5, 5.41) is 0. The lowest BCUT2D eigenvalue weighted by Gasteiger charge is -2.22. The van der Waals surface area contributed by atoms with E-state index in [1.54, 1.807) is 0 Å². The van der Waals surface area contributed by atoms with Crippen LogP contribution in [0.15, 0.2) is 12.1 Å². The van der Waals surface area contributed by atoms with Gasteiger partial charge in [-0.2, -0.15) is 0 Å². The Hall–Kier alpha value is -1.18. The lowest BCUT2D eigenvalue weighted by molar-refractivity contribution is 0.592. The molecule has 72 valence electrons. The van der Waals surface area contributed by atoms with Gasteiger partial charge in [0.2, 0.25) is 0 Å². The lowest BCUT2D eigenvalue weighted by Crippen LogP contribution is -2.15. The molecule has 0 heterocycles. The van der Waals surface area contributed by atoms with Gasteiger partial charge in [-0.1, -0.05) is 26.8 Å². The molecule has 0 aliphatic rings. The van der Waals surface area contributed by atoms with E-state index in [1.807, 2.05) is 19.1 Å². The molecule has 0 radical (unpaired) electrons. The molecule has 0 bridgehead atoms. The smallest absolute Gasteiger partial charge is 0.0402 e. The topological polar surface area (TPSA) is 52.0 Å². The molecule has 0 aliphatic heterocycles. The Balaban J connectivity index is 3.35. The van der Waals surface area contributed by atoms with Crippen molar-refractivity contribution in [2.75, 3.05) is 11.5 Å². The van der Waals surface area contributed by atoms with E-state index >= 15 is 0 Å². The van der Waals surface area contributed by atoms with Crippen molar-refractivity contribution in [3.63, 3.8) is 0 Å². The number of benzene rings is 1. The van der Waals surface area contributed by atoms with Crippen molar-refractivity contribution in [2.24, 2.45) is 0 Å². The minimum absolute atomic E-state index is 0.0859. The van der Waals surface area contributed by atoms with E-state index < -0.39 is 0 Å². The monoisotopic (exact) mass is 178 g/mol. The standard InChI is InChI=1S/C11H18N2/c1-7-9(12)6-5-8(10(7)13)11(2,3)4/h5-6H,12-13H2,1-4H3. The van der Waals surface area contributed by atoms with Crippen LogP contribution in [0, 0.1) is 6.92 Å². The van der Waals surface area contributed by atoms with Crippen LogP contribution in [0.1, 0.15) is 31.9 Å². The molecule has 1 aromatic carbocycles. The zero-order valence-electron chi connectivity index (χ0n) is 8.81. The highest BCUT2D eigenvalue weighted by atomic mass is 14.6. The number of hydrogen-bond acceptors (Lipinski definition) is 2. The van der Waals surface area contributed by atoms with Crippen molar-refractivity contribution < 1.29 is 0 Å². The van der Waals surface area contributed by atoms with Gasteiger partial charge in [-0.05, 0) is 29.5 Å². The number of anilines is 2. The third kappa shape index (κ3) is 1.77. The number of rotatable bonds is 0. The minimum atomic E-state index is 0.0859. The quantitative estimate of drug-likeness (QED) is 0.599. The first kappa shape index (κ1) is 9.90. The van der Waals surface area contributed by atoms with E-state index in [0.717, 1.165) is 16.9 Å². The van der Waals surface area contributed by atoms with E-state index in [4.69, 9.17) is 11.5 Å². The summed E-state index contributed by atoms with van der Waals surface area (Å²) in [4.78, 5) is 0. The molecule has 0 aromatic heterocycles. The molecular weight excluding hydrogens is 160 g/mol. The van der Waals surface area contributed by atoms with Gasteiger partial charge in [0.15, 0.2) is 0 Å². The van der Waals surface area contributed by atoms with Crippen LogP contribution in [0.5, 0.6) is 0 Å². The van der Waals surface area contributed by atoms with Crippen molar-refractivity contribution in [1.82, 2.24) is 0 Å². The van der Waals surface area contributed by atoms with Crippen LogP contribution >= 0.6 is 0 Å². The number of nitrogen functional groups attached to an aromatic ring is 2. The highest BCUT2D eigenvalue weighted by Gasteiger charge is 2.18.